The van der Waals surface area contributed by atoms with Crippen LogP contribution in [0, 0.1) is 0 Å². The smallest absolute Gasteiger partial charge is 0.234 e. The van der Waals surface area contributed by atoms with Gasteiger partial charge in [0, 0.05) is 18.3 Å². The molecule has 2 atom stereocenters. The average molecular weight is 234 g/mol. The molecule has 2 rings (SSSR count). The van der Waals surface area contributed by atoms with Crippen molar-refractivity contribution in [2.75, 3.05) is 18.6 Å². The molecule has 4 nitrogen and oxygen atoms in total. The van der Waals surface area contributed by atoms with Gasteiger partial charge in [0.1, 0.15) is 5.75 Å². The van der Waals surface area contributed by atoms with E-state index in [1.807, 2.05) is 32.0 Å². The van der Waals surface area contributed by atoms with Gasteiger partial charge in [0.2, 0.25) is 5.91 Å². The molecule has 1 aromatic carbocycles. The van der Waals surface area contributed by atoms with Crippen molar-refractivity contribution in [3.05, 3.63) is 23.8 Å². The van der Waals surface area contributed by atoms with Crippen molar-refractivity contribution in [3.8, 4) is 5.75 Å². The summed E-state index contributed by atoms with van der Waals surface area (Å²) in [6, 6.07) is 5.70. The van der Waals surface area contributed by atoms with Gasteiger partial charge in [-0.15, -0.1) is 0 Å². The van der Waals surface area contributed by atoms with Crippen molar-refractivity contribution < 1.29 is 9.53 Å². The third-order valence-corrected chi connectivity index (χ3v) is 3.10. The van der Waals surface area contributed by atoms with Crippen molar-refractivity contribution in [2.24, 2.45) is 5.73 Å². The Hall–Kier alpha value is -1.55. The van der Waals surface area contributed by atoms with Crippen LogP contribution in [0.25, 0.3) is 0 Å². The molecule has 1 aliphatic heterocycles. The molecule has 92 valence electrons. The number of hydrogen-bond donors (Lipinski definition) is 1. The first-order valence-electron chi connectivity index (χ1n) is 5.79. The molecule has 4 heteroatoms. The lowest BCUT2D eigenvalue weighted by atomic mass is 10.0. The molecule has 0 saturated carbocycles. The van der Waals surface area contributed by atoms with Gasteiger partial charge in [-0.3, -0.25) is 4.79 Å². The quantitative estimate of drug-likeness (QED) is 0.862. The van der Waals surface area contributed by atoms with E-state index in [9.17, 15) is 4.79 Å². The molecular formula is C13H18N2O2. The molecule has 0 bridgehead atoms. The van der Waals surface area contributed by atoms with Crippen LogP contribution in [0.2, 0.25) is 0 Å². The molecule has 1 amide bonds. The highest BCUT2D eigenvalue weighted by atomic mass is 16.5. The highest BCUT2D eigenvalue weighted by Crippen LogP contribution is 2.39. The van der Waals surface area contributed by atoms with Gasteiger partial charge in [-0.2, -0.15) is 0 Å². The number of benzene rings is 1. The maximum atomic E-state index is 12.1. The highest BCUT2D eigenvalue weighted by molar-refractivity contribution is 6.04. The van der Waals surface area contributed by atoms with E-state index >= 15 is 0 Å². The Balaban J connectivity index is 2.40. The third kappa shape index (κ3) is 2.00. The van der Waals surface area contributed by atoms with Crippen LogP contribution in [0.1, 0.15) is 25.3 Å². The fourth-order valence-electron chi connectivity index (χ4n) is 2.21. The minimum atomic E-state index is -0.112. The number of anilines is 1. The Morgan fingerprint density at radius 2 is 2.24 bits per heavy atom. The Labute approximate surface area is 101 Å². The summed E-state index contributed by atoms with van der Waals surface area (Å²) >= 11 is 0. The molecule has 1 heterocycles. The minimum absolute atomic E-state index is 0.0285. The zero-order valence-electron chi connectivity index (χ0n) is 10.4. The first kappa shape index (κ1) is 11.9. The molecule has 1 aromatic rings. The maximum Gasteiger partial charge on any atom is 0.234 e. The van der Waals surface area contributed by atoms with E-state index in [-0.39, 0.29) is 17.9 Å². The summed E-state index contributed by atoms with van der Waals surface area (Å²) < 4.78 is 5.18. The highest BCUT2D eigenvalue weighted by Gasteiger charge is 2.34. The lowest BCUT2D eigenvalue weighted by Gasteiger charge is -2.20. The lowest BCUT2D eigenvalue weighted by molar-refractivity contribution is -0.119. The van der Waals surface area contributed by atoms with Gasteiger partial charge in [0.25, 0.3) is 0 Å². The fraction of sp³-hybridized carbons (Fsp3) is 0.462. The Morgan fingerprint density at radius 3 is 2.82 bits per heavy atom. The van der Waals surface area contributed by atoms with Gasteiger partial charge in [-0.25, -0.2) is 0 Å². The largest absolute Gasteiger partial charge is 0.497 e. The van der Waals surface area contributed by atoms with Crippen LogP contribution in [-0.4, -0.2) is 25.6 Å². The summed E-state index contributed by atoms with van der Waals surface area (Å²) in [5, 5.41) is 0. The minimum Gasteiger partial charge on any atom is -0.497 e. The van der Waals surface area contributed by atoms with Gasteiger partial charge in [-0.1, -0.05) is 0 Å². The van der Waals surface area contributed by atoms with Gasteiger partial charge in [0.05, 0.1) is 13.0 Å². The molecule has 2 unspecified atom stereocenters. The summed E-state index contributed by atoms with van der Waals surface area (Å²) in [7, 11) is 1.63. The van der Waals surface area contributed by atoms with Crippen molar-refractivity contribution in [1.82, 2.24) is 0 Å². The number of ether oxygens (including phenoxy) is 1. The topological polar surface area (TPSA) is 55.6 Å². The number of carbonyl (C=O) groups is 1. The van der Waals surface area contributed by atoms with E-state index in [0.29, 0.717) is 6.54 Å². The van der Waals surface area contributed by atoms with Crippen molar-refractivity contribution in [1.29, 1.82) is 0 Å². The van der Waals surface area contributed by atoms with Crippen LogP contribution in [-0.2, 0) is 4.79 Å². The van der Waals surface area contributed by atoms with Crippen LogP contribution in [0.3, 0.4) is 0 Å². The van der Waals surface area contributed by atoms with Crippen LogP contribution in [0.15, 0.2) is 18.2 Å². The number of hydrogen-bond acceptors (Lipinski definition) is 3. The number of fused-ring (bicyclic) bond motifs is 1. The van der Waals surface area contributed by atoms with E-state index in [0.717, 1.165) is 17.0 Å². The Bertz CT molecular complexity index is 443. The molecule has 0 aliphatic carbocycles. The number of methoxy groups -OCH3 is 1. The molecule has 0 spiro atoms. The third-order valence-electron chi connectivity index (χ3n) is 3.10. The van der Waals surface area contributed by atoms with Gasteiger partial charge < -0.3 is 15.4 Å². The van der Waals surface area contributed by atoms with Crippen LogP contribution in [0.5, 0.6) is 5.75 Å². The number of nitrogens with two attached hydrogens (primary N) is 1. The van der Waals surface area contributed by atoms with Gasteiger partial charge in [-0.05, 0) is 37.6 Å². The van der Waals surface area contributed by atoms with Gasteiger partial charge in [0.15, 0.2) is 0 Å². The van der Waals surface area contributed by atoms with E-state index in [4.69, 9.17) is 10.5 Å². The second kappa shape index (κ2) is 4.37. The molecule has 0 radical (unpaired) electrons. The summed E-state index contributed by atoms with van der Waals surface area (Å²) in [6.45, 7) is 4.38. The normalized spacial score (nSPS) is 20.4. The summed E-state index contributed by atoms with van der Waals surface area (Å²) in [4.78, 5) is 13.9. The van der Waals surface area contributed by atoms with Gasteiger partial charge >= 0.3 is 0 Å². The summed E-state index contributed by atoms with van der Waals surface area (Å²) in [5.74, 6) is 0.787. The summed E-state index contributed by atoms with van der Waals surface area (Å²) in [5.41, 5.74) is 7.76. The predicted octanol–water partition coefficient (Wildman–Crippen LogP) is 1.49. The first-order chi connectivity index (χ1) is 8.04. The lowest BCUT2D eigenvalue weighted by Crippen LogP contribution is -2.38. The number of nitrogens with zero attached hydrogens (tertiary/aromatic N) is 1. The monoisotopic (exact) mass is 234 g/mol. The molecule has 1 aliphatic rings. The SMILES string of the molecule is COc1ccc2c(c1)C(C)C(=O)N2CC(C)N. The summed E-state index contributed by atoms with van der Waals surface area (Å²) in [6.07, 6.45) is 0. The van der Waals surface area contributed by atoms with E-state index in [1.54, 1.807) is 12.0 Å². The predicted molar refractivity (Wildman–Crippen MR) is 67.4 cm³/mol. The number of rotatable bonds is 3. The zero-order valence-corrected chi connectivity index (χ0v) is 10.4. The van der Waals surface area contributed by atoms with Crippen LogP contribution in [0.4, 0.5) is 5.69 Å². The zero-order chi connectivity index (χ0) is 12.6. The average Bonchev–Trinajstić information content (AvgIpc) is 2.54. The fourth-order valence-corrected chi connectivity index (χ4v) is 2.21. The van der Waals surface area contributed by atoms with Crippen molar-refractivity contribution in [3.63, 3.8) is 0 Å². The van der Waals surface area contributed by atoms with E-state index < -0.39 is 0 Å². The second-order valence-electron chi connectivity index (χ2n) is 4.57. The molecule has 2 N–H and O–H groups in total. The maximum absolute atomic E-state index is 12.1. The number of carbonyl (C=O) groups excluding carboxylic acids is 1. The molecular weight excluding hydrogens is 216 g/mol. The Kier molecular flexibility index (Phi) is 3.07. The molecule has 0 fully saturated rings. The molecule has 0 saturated heterocycles. The van der Waals surface area contributed by atoms with E-state index in [2.05, 4.69) is 0 Å². The van der Waals surface area contributed by atoms with Crippen LogP contribution < -0.4 is 15.4 Å². The van der Waals surface area contributed by atoms with Crippen molar-refractivity contribution >= 4 is 11.6 Å². The number of amides is 1. The van der Waals surface area contributed by atoms with Crippen molar-refractivity contribution in [2.45, 2.75) is 25.8 Å². The Morgan fingerprint density at radius 1 is 1.53 bits per heavy atom. The van der Waals surface area contributed by atoms with Crippen LogP contribution >= 0.6 is 0 Å². The standard InChI is InChI=1S/C13H18N2O2/c1-8(14)7-15-12-5-4-10(17-3)6-11(12)9(2)13(15)16/h4-6,8-9H,7,14H2,1-3H3. The first-order valence-corrected chi connectivity index (χ1v) is 5.79. The second-order valence-corrected chi connectivity index (χ2v) is 4.57. The molecule has 0 aromatic heterocycles. The van der Waals surface area contributed by atoms with E-state index in [1.165, 1.54) is 0 Å². The molecule has 17 heavy (non-hydrogen) atoms.